The minimum Gasteiger partial charge on any atom is -0.870 e. The fourth-order valence-corrected chi connectivity index (χ4v) is 6.39. The van der Waals surface area contributed by atoms with Crippen molar-refractivity contribution in [1.29, 1.82) is 0 Å². The summed E-state index contributed by atoms with van der Waals surface area (Å²) >= 11 is 0. The van der Waals surface area contributed by atoms with Gasteiger partial charge in [-0.3, -0.25) is 9.59 Å². The van der Waals surface area contributed by atoms with Gasteiger partial charge in [-0.15, -0.1) is 0 Å². The molecule has 0 atom stereocenters. The van der Waals surface area contributed by atoms with Gasteiger partial charge in [-0.25, -0.2) is 0 Å². The average Bonchev–Trinajstić information content (AvgIpc) is 3.73. The molecule has 6 N–H and O–H groups in total. The molecule has 3 rings (SSSR count). The van der Waals surface area contributed by atoms with Crippen molar-refractivity contribution in [3.05, 3.63) is 11.3 Å². The van der Waals surface area contributed by atoms with E-state index >= 15 is 0 Å². The maximum absolute atomic E-state index is 11.1. The normalized spacial score (nSPS) is 17.9. The molecule has 0 unspecified atom stereocenters. The molecule has 0 aromatic heterocycles. The summed E-state index contributed by atoms with van der Waals surface area (Å²) < 4.78 is 21.7. The Morgan fingerprint density at radius 1 is 0.778 bits per heavy atom. The monoisotopic (exact) mass is 676 g/mol. The van der Waals surface area contributed by atoms with Crippen molar-refractivity contribution in [2.24, 2.45) is 10.8 Å². The zero-order valence-corrected chi connectivity index (χ0v) is 33.2. The van der Waals surface area contributed by atoms with Crippen LogP contribution >= 0.6 is 0 Å². The van der Waals surface area contributed by atoms with Crippen LogP contribution in [-0.4, -0.2) is 85.6 Å². The van der Waals surface area contributed by atoms with Gasteiger partial charge in [-0.1, -0.05) is 0 Å². The summed E-state index contributed by atoms with van der Waals surface area (Å²) in [5, 5.41) is 27.8. The molecular weight excluding hydrogens is 611 g/mol. The summed E-state index contributed by atoms with van der Waals surface area (Å²) in [5.41, 5.74) is -2.18. The van der Waals surface area contributed by atoms with Crippen molar-refractivity contribution in [1.82, 2.24) is 0 Å². The average molecular weight is 677 g/mol. The van der Waals surface area contributed by atoms with Crippen LogP contribution in [0.15, 0.2) is 11.3 Å². The first-order valence-electron chi connectivity index (χ1n) is 15.1. The van der Waals surface area contributed by atoms with E-state index in [2.05, 4.69) is 57.9 Å². The SMILES string of the molecule is CC(C)(C(=O)O)C1(O)CC1.CC(C)=C(C)O[Si](C)(C)C.CCOC1(O[Si](C)(C)C)CC1.COC(=O)C(C)(C)C1(O)CC1.O.[Li+].[OH-]. The Labute approximate surface area is 286 Å². The van der Waals surface area contributed by atoms with Crippen LogP contribution < -0.4 is 18.9 Å². The standard InChI is InChI=1S/C8H14O3.C8H18O2Si.C8H18OSi.C7H12O3.Li.2H2O/c1-7(2,6(9)11-3)8(10)4-5-8;1-5-9-8(6-7-8)10-11(2,3)4;1-7(2)8(3)9-10(4,5)6;1-6(2,5(8)9)7(10)3-4-7;;;/h10H,4-5H2,1-3H3;5-7H2,1-4H3;1-6H3;10H,3-4H2,1-2H3,(H,8,9);;2*1H2/q;;;;+1;;/p-1. The Morgan fingerprint density at radius 2 is 1.16 bits per heavy atom. The molecule has 14 heteroatoms. The number of allylic oxidation sites excluding steroid dienone is 2. The van der Waals surface area contributed by atoms with Crippen molar-refractivity contribution in [3.8, 4) is 0 Å². The maximum atomic E-state index is 11.1. The van der Waals surface area contributed by atoms with E-state index in [9.17, 15) is 19.8 Å². The second kappa shape index (κ2) is 18.7. The molecule has 0 radical (unpaired) electrons. The smallest absolute Gasteiger partial charge is 0.870 e. The van der Waals surface area contributed by atoms with Gasteiger partial charge in [0.25, 0.3) is 0 Å². The molecule has 0 bridgehead atoms. The van der Waals surface area contributed by atoms with E-state index < -0.39 is 44.6 Å². The Morgan fingerprint density at radius 3 is 1.33 bits per heavy atom. The zero-order valence-electron chi connectivity index (χ0n) is 31.2. The number of aliphatic carboxylic acids is 1. The number of ether oxygens (including phenoxy) is 2. The van der Waals surface area contributed by atoms with Crippen molar-refractivity contribution < 1.29 is 73.0 Å². The van der Waals surface area contributed by atoms with Gasteiger partial charge in [0.15, 0.2) is 14.1 Å². The molecule has 3 fully saturated rings. The Kier molecular flexibility index (Phi) is 21.3. The van der Waals surface area contributed by atoms with E-state index in [1.807, 2.05) is 13.8 Å². The van der Waals surface area contributed by atoms with Crippen LogP contribution in [-0.2, 0) is 27.9 Å². The molecule has 0 amide bonds. The van der Waals surface area contributed by atoms with E-state index in [-0.39, 0.29) is 41.6 Å². The molecule has 11 nitrogen and oxygen atoms in total. The van der Waals surface area contributed by atoms with E-state index in [1.54, 1.807) is 27.7 Å². The number of carboxylic acid groups (broad SMARTS) is 1. The fourth-order valence-electron chi connectivity index (χ4n) is 3.89. The van der Waals surface area contributed by atoms with Gasteiger partial charge in [0, 0.05) is 19.4 Å². The fraction of sp³-hybridized carbons (Fsp3) is 0.871. The van der Waals surface area contributed by atoms with Crippen LogP contribution in [0.5, 0.6) is 0 Å². The van der Waals surface area contributed by atoms with Crippen LogP contribution in [0.3, 0.4) is 0 Å². The molecular formula is C31H65LiO11Si2. The van der Waals surface area contributed by atoms with Crippen molar-refractivity contribution in [2.75, 3.05) is 13.7 Å². The number of carbonyl (C=O) groups excluding carboxylic acids is 1. The number of aliphatic hydroxyl groups is 2. The third-order valence-electron chi connectivity index (χ3n) is 7.73. The number of carbonyl (C=O) groups is 2. The van der Waals surface area contributed by atoms with Crippen LogP contribution in [0.2, 0.25) is 39.3 Å². The van der Waals surface area contributed by atoms with Gasteiger partial charge in [-0.05, 0) is 126 Å². The molecule has 0 saturated heterocycles. The first-order chi connectivity index (χ1) is 18.6. The van der Waals surface area contributed by atoms with Crippen molar-refractivity contribution in [2.45, 2.75) is 150 Å². The summed E-state index contributed by atoms with van der Waals surface area (Å²) in [7, 11) is -1.39. The number of rotatable bonds is 10. The third kappa shape index (κ3) is 17.3. The minimum absolute atomic E-state index is 0. The molecule has 3 saturated carbocycles. The molecule has 0 aromatic rings. The molecule has 0 aliphatic heterocycles. The summed E-state index contributed by atoms with van der Waals surface area (Å²) in [6.07, 6.45) is 4.82. The number of hydrogen-bond acceptors (Lipinski definition) is 9. The van der Waals surface area contributed by atoms with Gasteiger partial charge in [0.1, 0.15) is 0 Å². The molecule has 0 aromatic carbocycles. The molecule has 45 heavy (non-hydrogen) atoms. The second-order valence-electron chi connectivity index (χ2n) is 14.9. The number of carboxylic acids is 1. The van der Waals surface area contributed by atoms with Crippen LogP contribution in [0.1, 0.15) is 93.9 Å². The van der Waals surface area contributed by atoms with E-state index in [0.29, 0.717) is 25.7 Å². The van der Waals surface area contributed by atoms with E-state index in [4.69, 9.17) is 18.7 Å². The molecule has 3 aliphatic carbocycles. The molecule has 0 heterocycles. The first-order valence-corrected chi connectivity index (χ1v) is 21.9. The zero-order chi connectivity index (χ0) is 33.6. The number of hydrogen-bond donors (Lipinski definition) is 3. The largest absolute Gasteiger partial charge is 1.00 e. The van der Waals surface area contributed by atoms with Gasteiger partial charge >= 0.3 is 30.8 Å². The number of esters is 1. The Bertz CT molecular complexity index is 938. The Balaban J connectivity index is -0.000000244. The predicted octanol–water partition coefficient (Wildman–Crippen LogP) is 2.85. The molecule has 0 spiro atoms. The number of methoxy groups -OCH3 is 1. The molecule has 3 aliphatic rings. The maximum Gasteiger partial charge on any atom is 1.00 e. The predicted molar refractivity (Wildman–Crippen MR) is 178 cm³/mol. The van der Waals surface area contributed by atoms with Crippen LogP contribution in [0.4, 0.5) is 0 Å². The van der Waals surface area contributed by atoms with Gasteiger partial charge in [-0.2, -0.15) is 0 Å². The summed E-state index contributed by atoms with van der Waals surface area (Å²) in [5.74, 6) is -0.316. The second-order valence-corrected chi connectivity index (χ2v) is 23.8. The molecule has 264 valence electrons. The summed E-state index contributed by atoms with van der Waals surface area (Å²) in [6, 6.07) is 0. The van der Waals surface area contributed by atoms with Gasteiger partial charge < -0.3 is 44.6 Å². The quantitative estimate of drug-likeness (QED) is 0.134. The topological polar surface area (TPSA) is 193 Å². The van der Waals surface area contributed by atoms with Crippen molar-refractivity contribution >= 4 is 28.6 Å². The van der Waals surface area contributed by atoms with E-state index in [0.717, 1.165) is 25.2 Å². The van der Waals surface area contributed by atoms with E-state index in [1.165, 1.54) is 12.7 Å². The van der Waals surface area contributed by atoms with Gasteiger partial charge in [0.2, 0.25) is 8.32 Å². The van der Waals surface area contributed by atoms with Gasteiger partial charge in [0.05, 0.1) is 34.9 Å². The summed E-state index contributed by atoms with van der Waals surface area (Å²) in [6.45, 7) is 28.7. The minimum atomic E-state index is -1.39. The first kappa shape index (κ1) is 51.1. The Hall–Kier alpha value is -0.729. The third-order valence-corrected chi connectivity index (χ3v) is 9.63. The van der Waals surface area contributed by atoms with Crippen LogP contribution in [0, 0.1) is 10.8 Å². The van der Waals surface area contributed by atoms with Crippen molar-refractivity contribution in [3.63, 3.8) is 0 Å². The van der Waals surface area contributed by atoms with Crippen LogP contribution in [0.25, 0.3) is 0 Å². The summed E-state index contributed by atoms with van der Waals surface area (Å²) in [4.78, 5) is 21.7.